The summed E-state index contributed by atoms with van der Waals surface area (Å²) < 4.78 is 0.926. The SMILES string of the molecule is CCNc1ncnc(NCCC2CCC2)c1Br. The molecule has 0 saturated heterocycles. The second kappa shape index (κ2) is 6.19. The molecule has 2 N–H and O–H groups in total. The van der Waals surface area contributed by atoms with Gasteiger partial charge in [-0.25, -0.2) is 9.97 Å². The minimum absolute atomic E-state index is 0.855. The van der Waals surface area contributed by atoms with Gasteiger partial charge in [-0.15, -0.1) is 0 Å². The average molecular weight is 299 g/mol. The molecule has 1 fully saturated rings. The maximum absolute atomic E-state index is 4.25. The van der Waals surface area contributed by atoms with Crippen molar-refractivity contribution in [2.45, 2.75) is 32.6 Å². The Hall–Kier alpha value is -0.840. The van der Waals surface area contributed by atoms with Gasteiger partial charge in [-0.1, -0.05) is 19.3 Å². The van der Waals surface area contributed by atoms with Gasteiger partial charge < -0.3 is 10.6 Å². The highest BCUT2D eigenvalue weighted by Gasteiger charge is 2.16. The van der Waals surface area contributed by atoms with Crippen molar-refractivity contribution < 1.29 is 0 Å². The second-order valence-electron chi connectivity index (χ2n) is 4.43. The summed E-state index contributed by atoms with van der Waals surface area (Å²) in [5.41, 5.74) is 0. The first-order valence-electron chi connectivity index (χ1n) is 6.29. The van der Waals surface area contributed by atoms with Crippen LogP contribution in [0.4, 0.5) is 11.6 Å². The maximum Gasteiger partial charge on any atom is 0.145 e. The Labute approximate surface area is 111 Å². The second-order valence-corrected chi connectivity index (χ2v) is 5.22. The van der Waals surface area contributed by atoms with Gasteiger partial charge in [0.15, 0.2) is 0 Å². The van der Waals surface area contributed by atoms with Crippen LogP contribution in [0.5, 0.6) is 0 Å². The quantitative estimate of drug-likeness (QED) is 0.846. The summed E-state index contributed by atoms with van der Waals surface area (Å²) in [5.74, 6) is 2.67. The minimum atomic E-state index is 0.855. The Kier molecular flexibility index (Phi) is 4.59. The Balaban J connectivity index is 1.87. The molecule has 0 unspecified atom stereocenters. The highest BCUT2D eigenvalue weighted by Crippen LogP contribution is 2.30. The van der Waals surface area contributed by atoms with Crippen molar-refractivity contribution in [1.29, 1.82) is 0 Å². The number of rotatable bonds is 6. The van der Waals surface area contributed by atoms with Crippen molar-refractivity contribution in [2.75, 3.05) is 23.7 Å². The zero-order valence-corrected chi connectivity index (χ0v) is 11.8. The van der Waals surface area contributed by atoms with Crippen molar-refractivity contribution in [3.8, 4) is 0 Å². The van der Waals surface area contributed by atoms with Gasteiger partial charge in [-0.2, -0.15) is 0 Å². The summed E-state index contributed by atoms with van der Waals surface area (Å²) in [4.78, 5) is 8.44. The molecule has 0 spiro atoms. The Morgan fingerprint density at radius 2 is 2.00 bits per heavy atom. The Bertz CT molecular complexity index is 366. The first kappa shape index (κ1) is 12.6. The summed E-state index contributed by atoms with van der Waals surface area (Å²) in [7, 11) is 0. The molecule has 94 valence electrons. The van der Waals surface area contributed by atoms with E-state index in [0.29, 0.717) is 0 Å². The smallest absolute Gasteiger partial charge is 0.145 e. The van der Waals surface area contributed by atoms with Crippen LogP contribution in [0.25, 0.3) is 0 Å². The predicted octanol–water partition coefficient (Wildman–Crippen LogP) is 3.27. The van der Waals surface area contributed by atoms with Gasteiger partial charge in [0.25, 0.3) is 0 Å². The molecule has 1 heterocycles. The molecule has 0 aliphatic heterocycles. The number of anilines is 2. The molecule has 0 aromatic carbocycles. The lowest BCUT2D eigenvalue weighted by atomic mass is 9.83. The van der Waals surface area contributed by atoms with Gasteiger partial charge >= 0.3 is 0 Å². The molecule has 17 heavy (non-hydrogen) atoms. The minimum Gasteiger partial charge on any atom is -0.369 e. The molecule has 5 heteroatoms. The molecule has 4 nitrogen and oxygen atoms in total. The van der Waals surface area contributed by atoms with E-state index in [4.69, 9.17) is 0 Å². The predicted molar refractivity (Wildman–Crippen MR) is 74.3 cm³/mol. The first-order chi connectivity index (χ1) is 8.31. The van der Waals surface area contributed by atoms with E-state index in [1.54, 1.807) is 6.33 Å². The fourth-order valence-electron chi connectivity index (χ4n) is 1.96. The van der Waals surface area contributed by atoms with Crippen LogP contribution >= 0.6 is 15.9 Å². The number of nitrogens with zero attached hydrogens (tertiary/aromatic N) is 2. The maximum atomic E-state index is 4.25. The van der Waals surface area contributed by atoms with E-state index in [1.807, 2.05) is 0 Å². The Morgan fingerprint density at radius 3 is 2.59 bits per heavy atom. The monoisotopic (exact) mass is 298 g/mol. The van der Waals surface area contributed by atoms with Crippen molar-refractivity contribution in [1.82, 2.24) is 9.97 Å². The number of halogens is 1. The number of nitrogens with one attached hydrogen (secondary N) is 2. The highest BCUT2D eigenvalue weighted by molar-refractivity contribution is 9.10. The lowest BCUT2D eigenvalue weighted by molar-refractivity contribution is 0.303. The standard InChI is InChI=1S/C12H19BrN4/c1-2-14-11-10(13)12(17-8-16-11)15-7-6-9-4-3-5-9/h8-9H,2-7H2,1H3,(H2,14,15,16,17). The molecule has 0 atom stereocenters. The third-order valence-corrected chi connectivity index (χ3v) is 3.95. The largest absolute Gasteiger partial charge is 0.369 e. The van der Waals surface area contributed by atoms with Gasteiger partial charge in [-0.3, -0.25) is 0 Å². The van der Waals surface area contributed by atoms with E-state index in [2.05, 4.69) is 43.5 Å². The van der Waals surface area contributed by atoms with Gasteiger partial charge in [0.2, 0.25) is 0 Å². The van der Waals surface area contributed by atoms with Crippen LogP contribution in [0.1, 0.15) is 32.6 Å². The average Bonchev–Trinajstić information content (AvgIpc) is 2.27. The van der Waals surface area contributed by atoms with Crippen LogP contribution in [-0.2, 0) is 0 Å². The van der Waals surface area contributed by atoms with E-state index >= 15 is 0 Å². The molecule has 1 aromatic rings. The molecule has 1 aromatic heterocycles. The van der Waals surface area contributed by atoms with Gasteiger partial charge in [0.1, 0.15) is 22.4 Å². The summed E-state index contributed by atoms with van der Waals surface area (Å²) in [6.45, 7) is 3.90. The fraction of sp³-hybridized carbons (Fsp3) is 0.667. The van der Waals surface area contributed by atoms with E-state index in [-0.39, 0.29) is 0 Å². The van der Waals surface area contributed by atoms with Gasteiger partial charge in [0.05, 0.1) is 0 Å². The van der Waals surface area contributed by atoms with Gasteiger partial charge in [-0.05, 0) is 35.2 Å². The molecule has 0 bridgehead atoms. The van der Waals surface area contributed by atoms with Crippen LogP contribution < -0.4 is 10.6 Å². The highest BCUT2D eigenvalue weighted by atomic mass is 79.9. The lowest BCUT2D eigenvalue weighted by Gasteiger charge is -2.25. The van der Waals surface area contributed by atoms with E-state index < -0.39 is 0 Å². The van der Waals surface area contributed by atoms with Crippen LogP contribution in [0.2, 0.25) is 0 Å². The van der Waals surface area contributed by atoms with Crippen molar-refractivity contribution in [2.24, 2.45) is 5.92 Å². The molecule has 0 radical (unpaired) electrons. The molecule has 1 aliphatic rings. The van der Waals surface area contributed by atoms with Crippen molar-refractivity contribution in [3.05, 3.63) is 10.8 Å². The normalized spacial score (nSPS) is 15.4. The lowest BCUT2D eigenvalue weighted by Crippen LogP contribution is -2.16. The summed E-state index contributed by atoms with van der Waals surface area (Å²) in [5, 5.41) is 6.57. The third-order valence-electron chi connectivity index (χ3n) is 3.20. The van der Waals surface area contributed by atoms with Crippen LogP contribution in [0.3, 0.4) is 0 Å². The van der Waals surface area contributed by atoms with Crippen LogP contribution in [0, 0.1) is 5.92 Å². The van der Waals surface area contributed by atoms with E-state index in [9.17, 15) is 0 Å². The molecule has 0 amide bonds. The molecule has 1 aliphatic carbocycles. The van der Waals surface area contributed by atoms with Crippen molar-refractivity contribution >= 4 is 27.6 Å². The third kappa shape index (κ3) is 3.31. The van der Waals surface area contributed by atoms with Crippen LogP contribution in [0.15, 0.2) is 10.8 Å². The first-order valence-corrected chi connectivity index (χ1v) is 7.08. The van der Waals surface area contributed by atoms with Crippen molar-refractivity contribution in [3.63, 3.8) is 0 Å². The molecule has 1 saturated carbocycles. The Morgan fingerprint density at radius 1 is 1.29 bits per heavy atom. The number of hydrogen-bond donors (Lipinski definition) is 2. The summed E-state index contributed by atoms with van der Waals surface area (Å²) >= 11 is 3.53. The van der Waals surface area contributed by atoms with Gasteiger partial charge in [0, 0.05) is 13.1 Å². The summed E-state index contributed by atoms with van der Waals surface area (Å²) in [6, 6.07) is 0. The molecular formula is C12H19BrN4. The number of hydrogen-bond acceptors (Lipinski definition) is 4. The van der Waals surface area contributed by atoms with E-state index in [0.717, 1.165) is 35.1 Å². The zero-order valence-electron chi connectivity index (χ0n) is 10.2. The van der Waals surface area contributed by atoms with Crippen LogP contribution in [-0.4, -0.2) is 23.1 Å². The molecular weight excluding hydrogens is 280 g/mol. The fourth-order valence-corrected chi connectivity index (χ4v) is 2.45. The van der Waals surface area contributed by atoms with E-state index in [1.165, 1.54) is 25.7 Å². The molecule has 2 rings (SSSR count). The zero-order chi connectivity index (χ0) is 12.1. The number of aromatic nitrogens is 2. The topological polar surface area (TPSA) is 49.8 Å². The summed E-state index contributed by atoms with van der Waals surface area (Å²) in [6.07, 6.45) is 7.04.